The normalized spacial score (nSPS) is 10.1. The van der Waals surface area contributed by atoms with Crippen molar-refractivity contribution in [3.63, 3.8) is 0 Å². The van der Waals surface area contributed by atoms with Crippen molar-refractivity contribution in [3.8, 4) is 11.5 Å². The molecular formula is C11H16BrNO2. The molecule has 3 nitrogen and oxygen atoms in total. The summed E-state index contributed by atoms with van der Waals surface area (Å²) in [5, 5.41) is 0. The quantitative estimate of drug-likeness (QED) is 0.896. The summed E-state index contributed by atoms with van der Waals surface area (Å²) >= 11 is 3.44. The van der Waals surface area contributed by atoms with Gasteiger partial charge in [0, 0.05) is 6.07 Å². The highest BCUT2D eigenvalue weighted by atomic mass is 79.9. The average molecular weight is 274 g/mol. The molecule has 0 radical (unpaired) electrons. The van der Waals surface area contributed by atoms with Crippen LogP contribution in [0.1, 0.15) is 12.5 Å². The number of halogens is 1. The van der Waals surface area contributed by atoms with Gasteiger partial charge < -0.3 is 15.2 Å². The second-order valence-corrected chi connectivity index (χ2v) is 3.92. The number of ether oxygens (including phenoxy) is 2. The van der Waals surface area contributed by atoms with E-state index in [1.54, 1.807) is 7.11 Å². The van der Waals surface area contributed by atoms with Crippen molar-refractivity contribution in [2.75, 3.05) is 20.3 Å². The first-order valence-corrected chi connectivity index (χ1v) is 5.71. The van der Waals surface area contributed by atoms with Crippen LogP contribution in [0.25, 0.3) is 0 Å². The van der Waals surface area contributed by atoms with Crippen LogP contribution in [0.2, 0.25) is 0 Å². The molecule has 2 N–H and O–H groups in total. The van der Waals surface area contributed by atoms with Gasteiger partial charge in [-0.25, -0.2) is 0 Å². The van der Waals surface area contributed by atoms with E-state index in [1.807, 2.05) is 19.1 Å². The average Bonchev–Trinajstić information content (AvgIpc) is 2.22. The summed E-state index contributed by atoms with van der Waals surface area (Å²) < 4.78 is 11.7. The lowest BCUT2D eigenvalue weighted by Gasteiger charge is -2.12. The molecule has 0 saturated carbocycles. The molecule has 4 heteroatoms. The van der Waals surface area contributed by atoms with E-state index in [0.717, 1.165) is 28.0 Å². The lowest BCUT2D eigenvalue weighted by molar-refractivity contribution is 0.332. The zero-order chi connectivity index (χ0) is 11.3. The topological polar surface area (TPSA) is 44.5 Å². The van der Waals surface area contributed by atoms with Crippen LogP contribution in [-0.2, 0) is 6.42 Å². The Hall–Kier alpha value is -0.740. The molecule has 0 aliphatic rings. The Kier molecular flexibility index (Phi) is 4.91. The fourth-order valence-corrected chi connectivity index (χ4v) is 1.93. The van der Waals surface area contributed by atoms with E-state index in [9.17, 15) is 0 Å². The molecule has 1 aromatic carbocycles. The molecular weight excluding hydrogens is 258 g/mol. The van der Waals surface area contributed by atoms with Gasteiger partial charge in [0.25, 0.3) is 0 Å². The highest BCUT2D eigenvalue weighted by Crippen LogP contribution is 2.33. The molecule has 0 spiro atoms. The summed E-state index contributed by atoms with van der Waals surface area (Å²) in [6, 6.07) is 3.88. The number of hydrogen-bond donors (Lipinski definition) is 1. The minimum absolute atomic E-state index is 0.610. The first-order chi connectivity index (χ1) is 7.22. The van der Waals surface area contributed by atoms with Gasteiger partial charge >= 0.3 is 0 Å². The molecule has 0 aliphatic heterocycles. The highest BCUT2D eigenvalue weighted by molar-refractivity contribution is 9.10. The Balaban J connectivity index is 3.07. The number of nitrogens with two attached hydrogens (primary N) is 1. The van der Waals surface area contributed by atoms with E-state index in [-0.39, 0.29) is 0 Å². The Morgan fingerprint density at radius 3 is 2.60 bits per heavy atom. The van der Waals surface area contributed by atoms with Crippen LogP contribution in [0, 0.1) is 0 Å². The number of methoxy groups -OCH3 is 1. The monoisotopic (exact) mass is 273 g/mol. The molecule has 0 amide bonds. The minimum Gasteiger partial charge on any atom is -0.495 e. The van der Waals surface area contributed by atoms with Crippen LogP contribution < -0.4 is 15.2 Å². The van der Waals surface area contributed by atoms with E-state index in [2.05, 4.69) is 15.9 Å². The van der Waals surface area contributed by atoms with Gasteiger partial charge in [0.2, 0.25) is 0 Å². The Morgan fingerprint density at radius 1 is 1.33 bits per heavy atom. The number of rotatable bonds is 5. The van der Waals surface area contributed by atoms with Crippen molar-refractivity contribution in [2.45, 2.75) is 13.3 Å². The van der Waals surface area contributed by atoms with Crippen molar-refractivity contribution >= 4 is 15.9 Å². The van der Waals surface area contributed by atoms with Gasteiger partial charge in [-0.05, 0) is 47.4 Å². The van der Waals surface area contributed by atoms with Gasteiger partial charge in [0.05, 0.1) is 18.2 Å². The maximum Gasteiger partial charge on any atom is 0.136 e. The summed E-state index contributed by atoms with van der Waals surface area (Å²) in [4.78, 5) is 0. The van der Waals surface area contributed by atoms with Gasteiger partial charge in [-0.3, -0.25) is 0 Å². The lowest BCUT2D eigenvalue weighted by atomic mass is 10.1. The number of hydrogen-bond acceptors (Lipinski definition) is 3. The molecule has 0 fully saturated rings. The van der Waals surface area contributed by atoms with Crippen molar-refractivity contribution in [2.24, 2.45) is 5.73 Å². The second kappa shape index (κ2) is 5.98. The van der Waals surface area contributed by atoms with Crippen molar-refractivity contribution in [1.82, 2.24) is 0 Å². The second-order valence-electron chi connectivity index (χ2n) is 3.07. The fraction of sp³-hybridized carbons (Fsp3) is 0.455. The Morgan fingerprint density at radius 2 is 2.07 bits per heavy atom. The molecule has 0 unspecified atom stereocenters. The molecule has 15 heavy (non-hydrogen) atoms. The summed E-state index contributed by atoms with van der Waals surface area (Å²) in [6.45, 7) is 3.21. The van der Waals surface area contributed by atoms with Crippen LogP contribution in [0.5, 0.6) is 11.5 Å². The van der Waals surface area contributed by atoms with Crippen LogP contribution in [-0.4, -0.2) is 20.3 Å². The minimum atomic E-state index is 0.610. The predicted octanol–water partition coefficient (Wildman–Crippen LogP) is 2.36. The van der Waals surface area contributed by atoms with Gasteiger partial charge in [-0.2, -0.15) is 0 Å². The Bertz CT molecular complexity index is 329. The first-order valence-electron chi connectivity index (χ1n) is 4.92. The third-order valence-electron chi connectivity index (χ3n) is 2.05. The molecule has 0 heterocycles. The standard InChI is InChI=1S/C11H16BrNO2/c1-3-15-10-7-11(14-2)9(12)6-8(10)4-5-13/h6-7H,3-5,13H2,1-2H3. The summed E-state index contributed by atoms with van der Waals surface area (Å²) in [5.41, 5.74) is 6.65. The molecule has 0 bridgehead atoms. The maximum atomic E-state index is 5.54. The fourth-order valence-electron chi connectivity index (χ4n) is 1.37. The SMILES string of the molecule is CCOc1cc(OC)c(Br)cc1CCN. The van der Waals surface area contributed by atoms with E-state index in [4.69, 9.17) is 15.2 Å². The van der Waals surface area contributed by atoms with Crippen LogP contribution in [0.4, 0.5) is 0 Å². The van der Waals surface area contributed by atoms with Crippen LogP contribution >= 0.6 is 15.9 Å². The van der Waals surface area contributed by atoms with Crippen LogP contribution in [0.15, 0.2) is 16.6 Å². The first kappa shape index (κ1) is 12.3. The zero-order valence-electron chi connectivity index (χ0n) is 9.05. The third-order valence-corrected chi connectivity index (χ3v) is 2.67. The van der Waals surface area contributed by atoms with E-state index < -0.39 is 0 Å². The van der Waals surface area contributed by atoms with Crippen molar-refractivity contribution < 1.29 is 9.47 Å². The lowest BCUT2D eigenvalue weighted by Crippen LogP contribution is -2.05. The van der Waals surface area contributed by atoms with Gasteiger partial charge in [0.15, 0.2) is 0 Å². The largest absolute Gasteiger partial charge is 0.495 e. The molecule has 1 aromatic rings. The zero-order valence-corrected chi connectivity index (χ0v) is 10.6. The number of benzene rings is 1. The van der Waals surface area contributed by atoms with E-state index >= 15 is 0 Å². The van der Waals surface area contributed by atoms with Gasteiger partial charge in [0.1, 0.15) is 11.5 Å². The molecule has 1 rings (SSSR count). The van der Waals surface area contributed by atoms with Crippen LogP contribution in [0.3, 0.4) is 0 Å². The molecule has 0 atom stereocenters. The maximum absolute atomic E-state index is 5.54. The summed E-state index contributed by atoms with van der Waals surface area (Å²) in [7, 11) is 1.64. The van der Waals surface area contributed by atoms with Gasteiger partial charge in [-0.15, -0.1) is 0 Å². The smallest absolute Gasteiger partial charge is 0.136 e. The van der Waals surface area contributed by atoms with Crippen molar-refractivity contribution in [3.05, 3.63) is 22.2 Å². The summed E-state index contributed by atoms with van der Waals surface area (Å²) in [5.74, 6) is 1.63. The van der Waals surface area contributed by atoms with Crippen molar-refractivity contribution in [1.29, 1.82) is 0 Å². The molecule has 0 saturated heterocycles. The highest BCUT2D eigenvalue weighted by Gasteiger charge is 2.09. The van der Waals surface area contributed by atoms with E-state index in [1.165, 1.54) is 0 Å². The summed E-state index contributed by atoms with van der Waals surface area (Å²) in [6.07, 6.45) is 0.803. The molecule has 0 aromatic heterocycles. The molecule has 84 valence electrons. The van der Waals surface area contributed by atoms with E-state index in [0.29, 0.717) is 13.2 Å². The molecule has 0 aliphatic carbocycles. The Labute approximate surface area is 98.7 Å². The third kappa shape index (κ3) is 3.11. The predicted molar refractivity (Wildman–Crippen MR) is 64.6 cm³/mol. The van der Waals surface area contributed by atoms with Gasteiger partial charge in [-0.1, -0.05) is 0 Å².